The summed E-state index contributed by atoms with van der Waals surface area (Å²) in [6.07, 6.45) is 1.79. The molecule has 0 radical (unpaired) electrons. The van der Waals surface area contributed by atoms with Gasteiger partial charge in [-0.1, -0.05) is 17.3 Å². The second kappa shape index (κ2) is 6.40. The highest BCUT2D eigenvalue weighted by Crippen LogP contribution is 2.13. The fourth-order valence-electron chi connectivity index (χ4n) is 1.76. The first-order valence-electron chi connectivity index (χ1n) is 6.18. The van der Waals surface area contributed by atoms with Crippen LogP contribution in [0.3, 0.4) is 0 Å². The van der Waals surface area contributed by atoms with Crippen LogP contribution < -0.4 is 5.32 Å². The van der Waals surface area contributed by atoms with E-state index in [2.05, 4.69) is 15.6 Å². The van der Waals surface area contributed by atoms with E-state index >= 15 is 0 Å². The predicted octanol–water partition coefficient (Wildman–Crippen LogP) is 1.26. The molecule has 1 atom stereocenters. The van der Waals surface area contributed by atoms with Gasteiger partial charge in [-0.25, -0.2) is 9.07 Å². The van der Waals surface area contributed by atoms with Crippen molar-refractivity contribution in [1.82, 2.24) is 20.3 Å². The van der Waals surface area contributed by atoms with Crippen LogP contribution in [0.5, 0.6) is 0 Å². The lowest BCUT2D eigenvalue weighted by Gasteiger charge is -2.12. The van der Waals surface area contributed by atoms with Crippen LogP contribution in [0, 0.1) is 5.82 Å². The number of nitrogens with zero attached hydrogens (tertiary/aromatic N) is 3. The van der Waals surface area contributed by atoms with Gasteiger partial charge in [0.15, 0.2) is 0 Å². The van der Waals surface area contributed by atoms with Crippen molar-refractivity contribution in [2.75, 3.05) is 6.61 Å². The molecule has 102 valence electrons. The molecule has 2 rings (SSSR count). The van der Waals surface area contributed by atoms with Crippen LogP contribution in [0.15, 0.2) is 30.5 Å². The van der Waals surface area contributed by atoms with E-state index in [1.165, 1.54) is 12.1 Å². The summed E-state index contributed by atoms with van der Waals surface area (Å²) in [5, 5.41) is 20.0. The van der Waals surface area contributed by atoms with Gasteiger partial charge < -0.3 is 10.4 Å². The maximum Gasteiger partial charge on any atom is 0.123 e. The zero-order valence-corrected chi connectivity index (χ0v) is 10.8. The fraction of sp³-hybridized carbons (Fsp3) is 0.385. The van der Waals surface area contributed by atoms with E-state index in [1.807, 2.05) is 6.92 Å². The Balaban J connectivity index is 1.88. The molecule has 0 unspecified atom stereocenters. The van der Waals surface area contributed by atoms with Crippen LogP contribution in [0.2, 0.25) is 0 Å². The Morgan fingerprint density at radius 3 is 2.79 bits per heavy atom. The highest BCUT2D eigenvalue weighted by molar-refractivity contribution is 5.19. The molecule has 6 heteroatoms. The molecule has 0 saturated carbocycles. The lowest BCUT2D eigenvalue weighted by atomic mass is 10.1. The molecule has 2 aromatic rings. The smallest absolute Gasteiger partial charge is 0.123 e. The van der Waals surface area contributed by atoms with Crippen molar-refractivity contribution < 1.29 is 9.50 Å². The quantitative estimate of drug-likeness (QED) is 0.824. The van der Waals surface area contributed by atoms with Gasteiger partial charge in [-0.05, 0) is 24.6 Å². The van der Waals surface area contributed by atoms with E-state index < -0.39 is 0 Å². The summed E-state index contributed by atoms with van der Waals surface area (Å²) in [6, 6.07) is 6.52. The second-order valence-corrected chi connectivity index (χ2v) is 4.35. The maximum absolute atomic E-state index is 12.8. The minimum atomic E-state index is -0.233. The number of hydrogen-bond acceptors (Lipinski definition) is 4. The summed E-state index contributed by atoms with van der Waals surface area (Å²) in [4.78, 5) is 0. The summed E-state index contributed by atoms with van der Waals surface area (Å²) in [7, 11) is 0. The minimum absolute atomic E-state index is 0.0439. The summed E-state index contributed by atoms with van der Waals surface area (Å²) >= 11 is 0. The van der Waals surface area contributed by atoms with Gasteiger partial charge in [0.1, 0.15) is 5.82 Å². The molecule has 19 heavy (non-hydrogen) atoms. The van der Waals surface area contributed by atoms with Crippen molar-refractivity contribution in [3.8, 4) is 0 Å². The van der Waals surface area contributed by atoms with Gasteiger partial charge in [-0.3, -0.25) is 0 Å². The van der Waals surface area contributed by atoms with Crippen LogP contribution in [0.1, 0.15) is 24.2 Å². The Hall–Kier alpha value is -1.79. The molecular weight excluding hydrogens is 247 g/mol. The van der Waals surface area contributed by atoms with Crippen molar-refractivity contribution in [1.29, 1.82) is 0 Å². The highest BCUT2D eigenvalue weighted by atomic mass is 19.1. The molecule has 2 N–H and O–H groups in total. The average Bonchev–Trinajstić information content (AvgIpc) is 2.85. The third kappa shape index (κ3) is 3.84. The zero-order chi connectivity index (χ0) is 13.7. The number of nitrogens with one attached hydrogen (secondary N) is 1. The highest BCUT2D eigenvalue weighted by Gasteiger charge is 2.06. The molecule has 1 heterocycles. The molecular formula is C13H17FN4O. The number of benzene rings is 1. The Bertz CT molecular complexity index is 512. The molecule has 0 fully saturated rings. The first-order chi connectivity index (χ1) is 9.19. The van der Waals surface area contributed by atoms with Gasteiger partial charge in [-0.2, -0.15) is 0 Å². The van der Waals surface area contributed by atoms with Crippen LogP contribution >= 0.6 is 0 Å². The number of hydrogen-bond donors (Lipinski definition) is 2. The number of aliphatic hydroxyl groups is 1. The summed E-state index contributed by atoms with van der Waals surface area (Å²) < 4.78 is 14.4. The van der Waals surface area contributed by atoms with Gasteiger partial charge in [-0.15, -0.1) is 5.10 Å². The average molecular weight is 264 g/mol. The van der Waals surface area contributed by atoms with E-state index in [9.17, 15) is 4.39 Å². The maximum atomic E-state index is 12.8. The van der Waals surface area contributed by atoms with E-state index in [0.717, 1.165) is 11.3 Å². The minimum Gasteiger partial charge on any atom is -0.394 e. The molecule has 0 aliphatic carbocycles. The summed E-state index contributed by atoms with van der Waals surface area (Å²) in [6.45, 7) is 3.07. The Kier molecular flexibility index (Phi) is 4.59. The number of halogens is 1. The first kappa shape index (κ1) is 13.6. The molecule has 0 spiro atoms. The summed E-state index contributed by atoms with van der Waals surface area (Å²) in [5.41, 5.74) is 1.83. The molecule has 5 nitrogen and oxygen atoms in total. The predicted molar refractivity (Wildman–Crippen MR) is 68.8 cm³/mol. The monoisotopic (exact) mass is 264 g/mol. The van der Waals surface area contributed by atoms with E-state index in [-0.39, 0.29) is 18.5 Å². The molecule has 0 amide bonds. The second-order valence-electron chi connectivity index (χ2n) is 4.35. The third-order valence-corrected chi connectivity index (χ3v) is 2.87. The van der Waals surface area contributed by atoms with Gasteiger partial charge in [0, 0.05) is 18.8 Å². The van der Waals surface area contributed by atoms with Gasteiger partial charge in [0.05, 0.1) is 18.8 Å². The lowest BCUT2D eigenvalue weighted by Crippen LogP contribution is -2.18. The molecule has 1 aromatic carbocycles. The van der Waals surface area contributed by atoms with Gasteiger partial charge in [0.25, 0.3) is 0 Å². The summed E-state index contributed by atoms with van der Waals surface area (Å²) in [5.74, 6) is -0.233. The van der Waals surface area contributed by atoms with Crippen LogP contribution in [-0.4, -0.2) is 26.7 Å². The molecule has 1 aromatic heterocycles. The normalized spacial score (nSPS) is 12.6. The van der Waals surface area contributed by atoms with Crippen molar-refractivity contribution in [2.24, 2.45) is 0 Å². The Labute approximate surface area is 111 Å². The fourth-order valence-corrected chi connectivity index (χ4v) is 1.76. The van der Waals surface area contributed by atoms with Crippen molar-refractivity contribution >= 4 is 0 Å². The van der Waals surface area contributed by atoms with E-state index in [4.69, 9.17) is 5.11 Å². The van der Waals surface area contributed by atoms with E-state index in [0.29, 0.717) is 13.1 Å². The number of rotatable bonds is 6. The van der Waals surface area contributed by atoms with Crippen molar-refractivity contribution in [3.63, 3.8) is 0 Å². The Morgan fingerprint density at radius 1 is 1.37 bits per heavy atom. The van der Waals surface area contributed by atoms with Gasteiger partial charge >= 0.3 is 0 Å². The van der Waals surface area contributed by atoms with Crippen molar-refractivity contribution in [2.45, 2.75) is 26.1 Å². The molecule has 0 bridgehead atoms. The molecule has 0 aliphatic heterocycles. The third-order valence-electron chi connectivity index (χ3n) is 2.87. The SMILES string of the molecule is C[C@@H](NCc1cn(CCO)nn1)c1ccc(F)cc1. The van der Waals surface area contributed by atoms with Gasteiger partial charge in [0.2, 0.25) is 0 Å². The standard InChI is InChI=1S/C13H17FN4O/c1-10(11-2-4-12(14)5-3-11)15-8-13-9-18(6-7-19)17-16-13/h2-5,9-10,15,19H,6-8H2,1H3/t10-/m1/s1. The number of aromatic nitrogens is 3. The molecule has 0 aliphatic rings. The zero-order valence-electron chi connectivity index (χ0n) is 10.8. The largest absolute Gasteiger partial charge is 0.394 e. The van der Waals surface area contributed by atoms with E-state index in [1.54, 1.807) is 23.0 Å². The molecule has 0 saturated heterocycles. The van der Waals surface area contributed by atoms with Crippen LogP contribution in [-0.2, 0) is 13.1 Å². The van der Waals surface area contributed by atoms with Crippen molar-refractivity contribution in [3.05, 3.63) is 47.5 Å². The lowest BCUT2D eigenvalue weighted by molar-refractivity contribution is 0.268. The topological polar surface area (TPSA) is 63.0 Å². The van der Waals surface area contributed by atoms with Crippen LogP contribution in [0.25, 0.3) is 0 Å². The van der Waals surface area contributed by atoms with Crippen LogP contribution in [0.4, 0.5) is 4.39 Å². The first-order valence-corrected chi connectivity index (χ1v) is 6.18. The Morgan fingerprint density at radius 2 is 2.11 bits per heavy atom. The number of aliphatic hydroxyl groups excluding tert-OH is 1.